The van der Waals surface area contributed by atoms with E-state index in [-0.39, 0.29) is 11.7 Å². The lowest BCUT2D eigenvalue weighted by Gasteiger charge is -2.45. The molecule has 2 aliphatic rings. The summed E-state index contributed by atoms with van der Waals surface area (Å²) in [5.41, 5.74) is 0.336. The Kier molecular flexibility index (Phi) is 3.93. The fraction of sp³-hybridized carbons (Fsp3) is 0.688. The number of rotatable bonds is 1. The fourth-order valence-corrected chi connectivity index (χ4v) is 3.74. The maximum Gasteiger partial charge on any atom is 0.356 e. The second-order valence-corrected chi connectivity index (χ2v) is 6.90. The summed E-state index contributed by atoms with van der Waals surface area (Å²) in [6, 6.07) is 1.14. The quantitative estimate of drug-likeness (QED) is 0.865. The molecule has 0 bridgehead atoms. The first-order valence-electron chi connectivity index (χ1n) is 8.07. The summed E-state index contributed by atoms with van der Waals surface area (Å²) in [6.07, 6.45) is 8.70. The molecule has 0 radical (unpaired) electrons. The highest BCUT2D eigenvalue weighted by Gasteiger charge is 2.38. The van der Waals surface area contributed by atoms with Gasteiger partial charge >= 0.3 is 12.0 Å². The topological polar surface area (TPSA) is 75.4 Å². The van der Waals surface area contributed by atoms with Gasteiger partial charge in [0.1, 0.15) is 0 Å². The molecule has 1 saturated heterocycles. The standard InChI is InChI=1S/C16H23N3O3/c1-12-2-5-16(6-3-12)7-10-18(11-8-16)15(22)19-9-4-13(17-19)14(20)21/h4,9,12H,2-3,5-8,10-11H2,1H3,(H,20,21). The monoisotopic (exact) mass is 305 g/mol. The SMILES string of the molecule is CC1CCC2(CC1)CCN(C(=O)n1ccc(C(=O)O)n1)CC2. The lowest BCUT2D eigenvalue weighted by atomic mass is 9.66. The van der Waals surface area contributed by atoms with Gasteiger partial charge in [0.25, 0.3) is 0 Å². The van der Waals surface area contributed by atoms with Gasteiger partial charge in [-0.1, -0.05) is 19.8 Å². The Morgan fingerprint density at radius 2 is 1.86 bits per heavy atom. The fourth-order valence-electron chi connectivity index (χ4n) is 3.74. The van der Waals surface area contributed by atoms with E-state index in [0.717, 1.165) is 36.5 Å². The number of aromatic carboxylic acids is 1. The zero-order chi connectivity index (χ0) is 15.7. The maximum atomic E-state index is 12.4. The highest BCUT2D eigenvalue weighted by molar-refractivity contribution is 5.86. The van der Waals surface area contributed by atoms with E-state index in [9.17, 15) is 9.59 Å². The van der Waals surface area contributed by atoms with Crippen molar-refractivity contribution in [2.45, 2.75) is 45.4 Å². The van der Waals surface area contributed by atoms with Gasteiger partial charge in [-0.25, -0.2) is 9.59 Å². The molecule has 2 heterocycles. The van der Waals surface area contributed by atoms with Crippen LogP contribution in [0.25, 0.3) is 0 Å². The predicted octanol–water partition coefficient (Wildman–Crippen LogP) is 2.84. The van der Waals surface area contributed by atoms with Crippen molar-refractivity contribution in [3.63, 3.8) is 0 Å². The van der Waals surface area contributed by atoms with Crippen LogP contribution in [0.2, 0.25) is 0 Å². The van der Waals surface area contributed by atoms with Crippen molar-refractivity contribution in [2.75, 3.05) is 13.1 Å². The summed E-state index contributed by atoms with van der Waals surface area (Å²) in [5.74, 6) is -0.274. The van der Waals surface area contributed by atoms with Crippen LogP contribution < -0.4 is 0 Å². The molecule has 1 aliphatic heterocycles. The summed E-state index contributed by atoms with van der Waals surface area (Å²) in [5, 5.41) is 12.7. The highest BCUT2D eigenvalue weighted by atomic mass is 16.4. The number of hydrogen-bond acceptors (Lipinski definition) is 3. The van der Waals surface area contributed by atoms with Crippen molar-refractivity contribution in [1.82, 2.24) is 14.7 Å². The molecule has 1 aromatic rings. The van der Waals surface area contributed by atoms with E-state index in [1.54, 1.807) is 4.90 Å². The Morgan fingerprint density at radius 3 is 2.41 bits per heavy atom. The van der Waals surface area contributed by atoms with Crippen molar-refractivity contribution in [1.29, 1.82) is 0 Å². The van der Waals surface area contributed by atoms with E-state index in [0.29, 0.717) is 5.41 Å². The highest BCUT2D eigenvalue weighted by Crippen LogP contribution is 2.46. The number of carbonyl (C=O) groups excluding carboxylic acids is 1. The van der Waals surface area contributed by atoms with Gasteiger partial charge in [0, 0.05) is 19.3 Å². The molecule has 120 valence electrons. The first-order valence-corrected chi connectivity index (χ1v) is 8.07. The van der Waals surface area contributed by atoms with Gasteiger partial charge in [0.2, 0.25) is 0 Å². The summed E-state index contributed by atoms with van der Waals surface area (Å²) in [6.45, 7) is 3.81. The molecule has 2 fully saturated rings. The lowest BCUT2D eigenvalue weighted by Crippen LogP contribution is -2.46. The van der Waals surface area contributed by atoms with Crippen molar-refractivity contribution in [3.8, 4) is 0 Å². The Morgan fingerprint density at radius 1 is 1.23 bits per heavy atom. The van der Waals surface area contributed by atoms with Crippen LogP contribution in [0.3, 0.4) is 0 Å². The first-order chi connectivity index (χ1) is 10.5. The Balaban J connectivity index is 1.61. The van der Waals surface area contributed by atoms with Gasteiger partial charge in [-0.05, 0) is 43.1 Å². The van der Waals surface area contributed by atoms with Crippen molar-refractivity contribution in [3.05, 3.63) is 18.0 Å². The number of hydrogen-bond donors (Lipinski definition) is 1. The zero-order valence-corrected chi connectivity index (χ0v) is 13.0. The average Bonchev–Trinajstić information content (AvgIpc) is 3.01. The number of likely N-dealkylation sites (tertiary alicyclic amines) is 1. The molecule has 1 N–H and O–H groups in total. The average molecular weight is 305 g/mol. The summed E-state index contributed by atoms with van der Waals surface area (Å²) in [7, 11) is 0. The minimum atomic E-state index is -1.11. The van der Waals surface area contributed by atoms with E-state index >= 15 is 0 Å². The third-order valence-electron chi connectivity index (χ3n) is 5.43. The van der Waals surface area contributed by atoms with Crippen LogP contribution in [0.1, 0.15) is 55.9 Å². The third-order valence-corrected chi connectivity index (χ3v) is 5.43. The number of carboxylic acids is 1. The molecule has 0 atom stereocenters. The largest absolute Gasteiger partial charge is 0.476 e. The van der Waals surface area contributed by atoms with E-state index < -0.39 is 5.97 Å². The second kappa shape index (κ2) is 5.74. The lowest BCUT2D eigenvalue weighted by molar-refractivity contribution is 0.0667. The zero-order valence-electron chi connectivity index (χ0n) is 13.0. The van der Waals surface area contributed by atoms with E-state index in [4.69, 9.17) is 5.11 Å². The third kappa shape index (κ3) is 2.87. The molecule has 0 aromatic carbocycles. The second-order valence-electron chi connectivity index (χ2n) is 6.90. The van der Waals surface area contributed by atoms with E-state index in [2.05, 4.69) is 12.0 Å². The van der Waals surface area contributed by atoms with Gasteiger partial charge in [-0.15, -0.1) is 0 Å². The van der Waals surface area contributed by atoms with Crippen LogP contribution in [-0.2, 0) is 0 Å². The van der Waals surface area contributed by atoms with Gasteiger partial charge < -0.3 is 10.0 Å². The molecule has 6 heteroatoms. The molecular weight excluding hydrogens is 282 g/mol. The molecule has 1 saturated carbocycles. The van der Waals surface area contributed by atoms with Crippen LogP contribution in [-0.4, -0.2) is 44.9 Å². The number of piperidine rings is 1. The van der Waals surface area contributed by atoms with Gasteiger partial charge in [-0.3, -0.25) is 0 Å². The van der Waals surface area contributed by atoms with Crippen LogP contribution in [0, 0.1) is 11.3 Å². The molecule has 1 amide bonds. The van der Waals surface area contributed by atoms with Crippen LogP contribution >= 0.6 is 0 Å². The summed E-state index contributed by atoms with van der Waals surface area (Å²) in [4.78, 5) is 25.0. The predicted molar refractivity (Wildman–Crippen MR) is 80.9 cm³/mol. The van der Waals surface area contributed by atoms with Crippen LogP contribution in [0.4, 0.5) is 4.79 Å². The van der Waals surface area contributed by atoms with Crippen LogP contribution in [0.15, 0.2) is 12.3 Å². The Bertz CT molecular complexity index is 563. The minimum Gasteiger partial charge on any atom is -0.476 e. The van der Waals surface area contributed by atoms with Crippen molar-refractivity contribution in [2.24, 2.45) is 11.3 Å². The number of carbonyl (C=O) groups is 2. The van der Waals surface area contributed by atoms with Crippen LogP contribution in [0.5, 0.6) is 0 Å². The van der Waals surface area contributed by atoms with Gasteiger partial charge in [0.05, 0.1) is 0 Å². The van der Waals surface area contributed by atoms with Gasteiger partial charge in [0.15, 0.2) is 5.69 Å². The van der Waals surface area contributed by atoms with E-state index in [1.807, 2.05) is 0 Å². The molecule has 22 heavy (non-hydrogen) atoms. The summed E-state index contributed by atoms with van der Waals surface area (Å²) >= 11 is 0. The Labute approximate surface area is 130 Å². The molecule has 1 spiro atoms. The number of carboxylic acid groups (broad SMARTS) is 1. The van der Waals surface area contributed by atoms with E-state index in [1.165, 1.54) is 37.9 Å². The number of amides is 1. The number of nitrogens with zero attached hydrogens (tertiary/aromatic N) is 3. The molecule has 1 aromatic heterocycles. The maximum absolute atomic E-state index is 12.4. The normalized spacial score (nSPS) is 22.0. The number of aromatic nitrogens is 2. The minimum absolute atomic E-state index is 0.0944. The molecule has 3 rings (SSSR count). The summed E-state index contributed by atoms with van der Waals surface area (Å²) < 4.78 is 1.14. The van der Waals surface area contributed by atoms with Gasteiger partial charge in [-0.2, -0.15) is 9.78 Å². The van der Waals surface area contributed by atoms with Crippen molar-refractivity contribution < 1.29 is 14.7 Å². The molecule has 1 aliphatic carbocycles. The molecular formula is C16H23N3O3. The smallest absolute Gasteiger partial charge is 0.356 e. The molecule has 0 unspecified atom stereocenters. The van der Waals surface area contributed by atoms with Crippen molar-refractivity contribution >= 4 is 12.0 Å². The molecule has 6 nitrogen and oxygen atoms in total. The first kappa shape index (κ1) is 15.1. The Hall–Kier alpha value is -1.85.